The zero-order valence-electron chi connectivity index (χ0n) is 19.2. The molecule has 0 radical (unpaired) electrons. The molecule has 3 aromatic rings. The quantitative estimate of drug-likeness (QED) is 0.551. The van der Waals surface area contributed by atoms with Crippen molar-refractivity contribution in [3.8, 4) is 0 Å². The Bertz CT molecular complexity index is 1120. The Balaban J connectivity index is 1.63. The molecule has 1 aliphatic rings. The number of aromatic nitrogens is 1. The summed E-state index contributed by atoms with van der Waals surface area (Å²) in [4.78, 5) is 31.0. The highest BCUT2D eigenvalue weighted by Crippen LogP contribution is 2.36. The van der Waals surface area contributed by atoms with E-state index < -0.39 is 0 Å². The van der Waals surface area contributed by atoms with Crippen LogP contribution in [0, 0.1) is 19.8 Å². The van der Waals surface area contributed by atoms with Gasteiger partial charge in [-0.05, 0) is 56.4 Å². The predicted molar refractivity (Wildman–Crippen MR) is 127 cm³/mol. The summed E-state index contributed by atoms with van der Waals surface area (Å²) in [5.41, 5.74) is 5.79. The molecule has 5 heteroatoms. The van der Waals surface area contributed by atoms with Crippen LogP contribution >= 0.6 is 0 Å². The number of hydrogen-bond acceptors (Lipinski definition) is 3. The Morgan fingerprint density at radius 1 is 1.16 bits per heavy atom. The highest BCUT2D eigenvalue weighted by atomic mass is 16.5. The van der Waals surface area contributed by atoms with Gasteiger partial charge in [0.1, 0.15) is 0 Å². The SMILES string of the molecule is CCOC(=O)C1CCCN(C(=O)CC(c2ccc(C)cc2C)c2c[nH]c3ccccc23)C1. The van der Waals surface area contributed by atoms with Gasteiger partial charge in [-0.1, -0.05) is 42.0 Å². The van der Waals surface area contributed by atoms with Crippen LogP contribution in [0.25, 0.3) is 10.9 Å². The number of hydrogen-bond donors (Lipinski definition) is 1. The summed E-state index contributed by atoms with van der Waals surface area (Å²) in [7, 11) is 0. The number of carbonyl (C=O) groups excluding carboxylic acids is 2. The van der Waals surface area contributed by atoms with Crippen molar-refractivity contribution >= 4 is 22.8 Å². The minimum Gasteiger partial charge on any atom is -0.466 e. The third-order valence-corrected chi connectivity index (χ3v) is 6.57. The zero-order valence-corrected chi connectivity index (χ0v) is 19.2. The van der Waals surface area contributed by atoms with Crippen LogP contribution < -0.4 is 0 Å². The fourth-order valence-corrected chi connectivity index (χ4v) is 4.95. The molecule has 2 heterocycles. The van der Waals surface area contributed by atoms with Gasteiger partial charge in [-0.2, -0.15) is 0 Å². The zero-order chi connectivity index (χ0) is 22.7. The van der Waals surface area contributed by atoms with Gasteiger partial charge in [0.25, 0.3) is 0 Å². The summed E-state index contributed by atoms with van der Waals surface area (Å²) < 4.78 is 5.21. The van der Waals surface area contributed by atoms with E-state index in [1.165, 1.54) is 16.7 Å². The molecule has 4 rings (SSSR count). The van der Waals surface area contributed by atoms with Gasteiger partial charge < -0.3 is 14.6 Å². The molecule has 1 aromatic heterocycles. The fraction of sp³-hybridized carbons (Fsp3) is 0.407. The van der Waals surface area contributed by atoms with Crippen LogP contribution in [0.4, 0.5) is 0 Å². The van der Waals surface area contributed by atoms with Crippen molar-refractivity contribution in [2.45, 2.75) is 46.0 Å². The van der Waals surface area contributed by atoms with Gasteiger partial charge in [0.2, 0.25) is 5.91 Å². The van der Waals surface area contributed by atoms with Crippen molar-refractivity contribution in [2.24, 2.45) is 5.92 Å². The van der Waals surface area contributed by atoms with Crippen molar-refractivity contribution in [3.05, 3.63) is 70.9 Å². The minimum atomic E-state index is -0.222. The van der Waals surface area contributed by atoms with E-state index in [0.717, 1.165) is 29.3 Å². The van der Waals surface area contributed by atoms with Crippen LogP contribution in [-0.2, 0) is 14.3 Å². The molecular weight excluding hydrogens is 400 g/mol. The summed E-state index contributed by atoms with van der Waals surface area (Å²) in [6.45, 7) is 7.55. The lowest BCUT2D eigenvalue weighted by molar-refractivity contribution is -0.151. The Morgan fingerprint density at radius 3 is 2.75 bits per heavy atom. The van der Waals surface area contributed by atoms with Gasteiger partial charge in [-0.25, -0.2) is 0 Å². The van der Waals surface area contributed by atoms with Crippen LogP contribution in [0.5, 0.6) is 0 Å². The molecule has 2 aromatic carbocycles. The molecule has 2 atom stereocenters. The highest BCUT2D eigenvalue weighted by Gasteiger charge is 2.31. The lowest BCUT2D eigenvalue weighted by atomic mass is 9.84. The molecular formula is C27H32N2O3. The molecule has 2 unspecified atom stereocenters. The van der Waals surface area contributed by atoms with Gasteiger partial charge in [0.05, 0.1) is 12.5 Å². The van der Waals surface area contributed by atoms with Gasteiger partial charge in [0, 0.05) is 42.5 Å². The molecule has 0 saturated carbocycles. The molecule has 32 heavy (non-hydrogen) atoms. The molecule has 1 aliphatic heterocycles. The maximum Gasteiger partial charge on any atom is 0.310 e. The summed E-state index contributed by atoms with van der Waals surface area (Å²) >= 11 is 0. The van der Waals surface area contributed by atoms with Crippen LogP contribution in [0.1, 0.15) is 54.4 Å². The number of carbonyl (C=O) groups is 2. The van der Waals surface area contributed by atoms with E-state index in [9.17, 15) is 9.59 Å². The molecule has 0 bridgehead atoms. The first-order valence-electron chi connectivity index (χ1n) is 11.6. The first kappa shape index (κ1) is 22.1. The van der Waals surface area contributed by atoms with Crippen LogP contribution in [-0.4, -0.2) is 41.5 Å². The number of likely N-dealkylation sites (tertiary alicyclic amines) is 1. The lowest BCUT2D eigenvalue weighted by Gasteiger charge is -2.33. The number of ether oxygens (including phenoxy) is 1. The monoisotopic (exact) mass is 432 g/mol. The Labute approximate surface area is 189 Å². The van der Waals surface area contributed by atoms with E-state index in [-0.39, 0.29) is 23.7 Å². The molecule has 168 valence electrons. The second kappa shape index (κ2) is 9.60. The average Bonchev–Trinajstić information content (AvgIpc) is 3.22. The predicted octanol–water partition coefficient (Wildman–Crippen LogP) is 5.11. The van der Waals surface area contributed by atoms with Crippen LogP contribution in [0.3, 0.4) is 0 Å². The molecule has 1 amide bonds. The van der Waals surface area contributed by atoms with E-state index in [0.29, 0.717) is 26.1 Å². The number of aryl methyl sites for hydroxylation is 2. The van der Waals surface area contributed by atoms with Gasteiger partial charge in [0.15, 0.2) is 0 Å². The summed E-state index contributed by atoms with van der Waals surface area (Å²) in [5, 5.41) is 1.15. The van der Waals surface area contributed by atoms with Crippen molar-refractivity contribution in [1.29, 1.82) is 0 Å². The van der Waals surface area contributed by atoms with Crippen molar-refractivity contribution in [3.63, 3.8) is 0 Å². The maximum atomic E-state index is 13.5. The molecule has 0 spiro atoms. The number of fused-ring (bicyclic) bond motifs is 1. The lowest BCUT2D eigenvalue weighted by Crippen LogP contribution is -2.43. The number of piperidine rings is 1. The normalized spacial score (nSPS) is 17.3. The van der Waals surface area contributed by atoms with Crippen molar-refractivity contribution < 1.29 is 14.3 Å². The highest BCUT2D eigenvalue weighted by molar-refractivity contribution is 5.86. The fourth-order valence-electron chi connectivity index (χ4n) is 4.95. The first-order chi connectivity index (χ1) is 15.5. The number of esters is 1. The molecule has 5 nitrogen and oxygen atoms in total. The topological polar surface area (TPSA) is 62.4 Å². The summed E-state index contributed by atoms with van der Waals surface area (Å²) in [6, 6.07) is 14.7. The molecule has 1 fully saturated rings. The minimum absolute atomic E-state index is 0.0535. The largest absolute Gasteiger partial charge is 0.466 e. The molecule has 1 N–H and O–H groups in total. The number of amides is 1. The van der Waals surface area contributed by atoms with E-state index in [1.807, 2.05) is 30.2 Å². The molecule has 0 aliphatic carbocycles. The third-order valence-electron chi connectivity index (χ3n) is 6.57. The van der Waals surface area contributed by atoms with E-state index in [4.69, 9.17) is 4.74 Å². The number of rotatable bonds is 6. The third kappa shape index (κ3) is 4.57. The van der Waals surface area contributed by atoms with Crippen LogP contribution in [0.2, 0.25) is 0 Å². The second-order valence-electron chi connectivity index (χ2n) is 8.84. The Morgan fingerprint density at radius 2 is 1.97 bits per heavy atom. The van der Waals surface area contributed by atoms with E-state index >= 15 is 0 Å². The summed E-state index contributed by atoms with van der Waals surface area (Å²) in [6.07, 6.45) is 4.03. The Kier molecular flexibility index (Phi) is 6.63. The number of para-hydroxylation sites is 1. The first-order valence-corrected chi connectivity index (χ1v) is 11.6. The molecule has 1 saturated heterocycles. The number of H-pyrrole nitrogens is 1. The van der Waals surface area contributed by atoms with E-state index in [1.54, 1.807) is 0 Å². The Hall–Kier alpha value is -3.08. The second-order valence-corrected chi connectivity index (χ2v) is 8.84. The smallest absolute Gasteiger partial charge is 0.310 e. The number of benzene rings is 2. The number of nitrogens with zero attached hydrogens (tertiary/aromatic N) is 1. The van der Waals surface area contributed by atoms with Crippen LogP contribution in [0.15, 0.2) is 48.7 Å². The van der Waals surface area contributed by atoms with Gasteiger partial charge in [-0.3, -0.25) is 9.59 Å². The maximum absolute atomic E-state index is 13.5. The van der Waals surface area contributed by atoms with E-state index in [2.05, 4.69) is 49.2 Å². The van der Waals surface area contributed by atoms with Crippen molar-refractivity contribution in [2.75, 3.05) is 19.7 Å². The summed E-state index contributed by atoms with van der Waals surface area (Å²) in [5.74, 6) is -0.371. The standard InChI is InChI=1S/C27H32N2O3/c1-4-32-27(31)20-8-7-13-29(17-20)26(30)15-23(21-12-11-18(2)14-19(21)3)24-16-28-25-10-6-5-9-22(24)25/h5-6,9-12,14,16,20,23,28H,4,7-8,13,15,17H2,1-3H3. The van der Waals surface area contributed by atoms with Gasteiger partial charge in [-0.15, -0.1) is 0 Å². The van der Waals surface area contributed by atoms with Crippen molar-refractivity contribution in [1.82, 2.24) is 9.88 Å². The average molecular weight is 433 g/mol. The van der Waals surface area contributed by atoms with Gasteiger partial charge >= 0.3 is 5.97 Å². The number of nitrogens with one attached hydrogen (secondary N) is 1. The number of aromatic amines is 1.